The molecule has 0 bridgehead atoms. The van der Waals surface area contributed by atoms with E-state index >= 15 is 0 Å². The van der Waals surface area contributed by atoms with E-state index in [4.69, 9.17) is 28.9 Å². The van der Waals surface area contributed by atoms with Gasteiger partial charge in [-0.25, -0.2) is 0 Å². The first-order valence-electron chi connectivity index (χ1n) is 6.55. The van der Waals surface area contributed by atoms with E-state index in [1.807, 2.05) is 31.2 Å². The summed E-state index contributed by atoms with van der Waals surface area (Å²) in [6, 6.07) is 12.3. The van der Waals surface area contributed by atoms with E-state index in [-0.39, 0.29) is 18.4 Å². The normalized spacial score (nSPS) is 12.0. The van der Waals surface area contributed by atoms with E-state index < -0.39 is 0 Å². The third-order valence-electron chi connectivity index (χ3n) is 3.21. The Labute approximate surface area is 134 Å². The Kier molecular flexibility index (Phi) is 5.10. The molecular weight excluding hydrogens is 307 g/mol. The van der Waals surface area contributed by atoms with Gasteiger partial charge in [0.1, 0.15) is 0 Å². The third kappa shape index (κ3) is 4.13. The summed E-state index contributed by atoms with van der Waals surface area (Å²) in [5.41, 5.74) is 8.09. The first-order valence-corrected chi connectivity index (χ1v) is 7.30. The van der Waals surface area contributed by atoms with Gasteiger partial charge in [-0.3, -0.25) is 4.79 Å². The van der Waals surface area contributed by atoms with Gasteiger partial charge in [0.25, 0.3) is 0 Å². The number of nitrogens with one attached hydrogen (secondary N) is 1. The van der Waals surface area contributed by atoms with Crippen molar-refractivity contribution in [3.8, 4) is 0 Å². The summed E-state index contributed by atoms with van der Waals surface area (Å²) in [6.07, 6.45) is 0.238. The maximum atomic E-state index is 12.1. The zero-order valence-corrected chi connectivity index (χ0v) is 13.1. The Morgan fingerprint density at radius 2 is 1.95 bits per heavy atom. The molecule has 0 saturated heterocycles. The topological polar surface area (TPSA) is 55.1 Å². The molecule has 1 unspecified atom stereocenters. The molecule has 0 aliphatic rings. The average Bonchev–Trinajstić information content (AvgIpc) is 2.41. The highest BCUT2D eigenvalue weighted by molar-refractivity contribution is 6.35. The van der Waals surface area contributed by atoms with Crippen LogP contribution in [0.1, 0.15) is 24.1 Å². The number of halogens is 2. The van der Waals surface area contributed by atoms with Crippen molar-refractivity contribution in [3.63, 3.8) is 0 Å². The fourth-order valence-electron chi connectivity index (χ4n) is 2.09. The molecule has 2 aromatic rings. The molecule has 5 heteroatoms. The van der Waals surface area contributed by atoms with Crippen LogP contribution in [0.3, 0.4) is 0 Å². The molecule has 1 amide bonds. The monoisotopic (exact) mass is 322 g/mol. The van der Waals surface area contributed by atoms with Gasteiger partial charge in [0.05, 0.1) is 12.5 Å². The second kappa shape index (κ2) is 6.83. The summed E-state index contributed by atoms with van der Waals surface area (Å²) < 4.78 is 0. The molecule has 0 aliphatic heterocycles. The van der Waals surface area contributed by atoms with Crippen molar-refractivity contribution in [2.45, 2.75) is 19.4 Å². The number of para-hydroxylation sites is 1. The molecule has 3 nitrogen and oxygen atoms in total. The first kappa shape index (κ1) is 15.7. The first-order chi connectivity index (χ1) is 9.97. The minimum Gasteiger partial charge on any atom is -0.398 e. The van der Waals surface area contributed by atoms with Crippen LogP contribution in [0.2, 0.25) is 10.0 Å². The van der Waals surface area contributed by atoms with Crippen LogP contribution in [0.25, 0.3) is 0 Å². The van der Waals surface area contributed by atoms with Gasteiger partial charge in [0, 0.05) is 15.7 Å². The van der Waals surface area contributed by atoms with E-state index in [1.54, 1.807) is 18.2 Å². The second-order valence-corrected chi connectivity index (χ2v) is 5.67. The van der Waals surface area contributed by atoms with E-state index in [0.29, 0.717) is 15.7 Å². The molecular formula is C16H16Cl2N2O. The zero-order chi connectivity index (χ0) is 15.4. The summed E-state index contributed by atoms with van der Waals surface area (Å²) in [7, 11) is 0. The highest BCUT2D eigenvalue weighted by atomic mass is 35.5. The van der Waals surface area contributed by atoms with E-state index in [9.17, 15) is 4.79 Å². The van der Waals surface area contributed by atoms with Gasteiger partial charge in [-0.1, -0.05) is 47.5 Å². The highest BCUT2D eigenvalue weighted by Gasteiger charge is 2.14. The Morgan fingerprint density at radius 1 is 1.24 bits per heavy atom. The van der Waals surface area contributed by atoms with Crippen molar-refractivity contribution in [2.75, 3.05) is 5.73 Å². The van der Waals surface area contributed by atoms with Gasteiger partial charge in [0.15, 0.2) is 0 Å². The van der Waals surface area contributed by atoms with E-state index in [0.717, 1.165) is 11.1 Å². The predicted molar refractivity (Wildman–Crippen MR) is 87.6 cm³/mol. The molecule has 0 saturated carbocycles. The molecule has 0 spiro atoms. The van der Waals surface area contributed by atoms with Crippen molar-refractivity contribution >= 4 is 34.8 Å². The number of anilines is 1. The van der Waals surface area contributed by atoms with Gasteiger partial charge in [0.2, 0.25) is 5.91 Å². The van der Waals surface area contributed by atoms with Crippen molar-refractivity contribution < 1.29 is 4.79 Å². The number of hydrogen-bond acceptors (Lipinski definition) is 2. The number of carbonyl (C=O) groups excluding carboxylic acids is 1. The molecule has 3 N–H and O–H groups in total. The van der Waals surface area contributed by atoms with Crippen molar-refractivity contribution in [2.24, 2.45) is 0 Å². The Hall–Kier alpha value is -1.71. The zero-order valence-electron chi connectivity index (χ0n) is 11.6. The molecule has 2 aromatic carbocycles. The maximum Gasteiger partial charge on any atom is 0.224 e. The smallest absolute Gasteiger partial charge is 0.224 e. The quantitative estimate of drug-likeness (QED) is 0.836. The fraction of sp³-hybridized carbons (Fsp3) is 0.188. The standard InChI is InChI=1S/C16H16Cl2N2O/c1-10(13-7-6-12(17)9-14(13)18)20-16(21)8-11-4-2-3-5-15(11)19/h2-7,9-10H,8,19H2,1H3,(H,20,21). The van der Waals surface area contributed by atoms with Crippen LogP contribution in [-0.2, 0) is 11.2 Å². The van der Waals surface area contributed by atoms with Gasteiger partial charge >= 0.3 is 0 Å². The minimum absolute atomic E-state index is 0.105. The number of carbonyl (C=O) groups is 1. The number of nitrogen functional groups attached to an aromatic ring is 1. The summed E-state index contributed by atoms with van der Waals surface area (Å²) in [4.78, 5) is 12.1. The van der Waals surface area contributed by atoms with E-state index in [1.165, 1.54) is 0 Å². The average molecular weight is 323 g/mol. The molecule has 21 heavy (non-hydrogen) atoms. The fourth-order valence-corrected chi connectivity index (χ4v) is 2.66. The lowest BCUT2D eigenvalue weighted by Gasteiger charge is -2.16. The van der Waals surface area contributed by atoms with Crippen LogP contribution in [0.15, 0.2) is 42.5 Å². The summed E-state index contributed by atoms with van der Waals surface area (Å²) in [6.45, 7) is 1.88. The third-order valence-corrected chi connectivity index (χ3v) is 3.78. The Bertz CT molecular complexity index is 658. The second-order valence-electron chi connectivity index (χ2n) is 4.83. The lowest BCUT2D eigenvalue weighted by molar-refractivity contribution is -0.121. The van der Waals surface area contributed by atoms with Gasteiger partial charge in [-0.2, -0.15) is 0 Å². The largest absolute Gasteiger partial charge is 0.398 e. The van der Waals surface area contributed by atoms with Gasteiger partial charge < -0.3 is 11.1 Å². The van der Waals surface area contributed by atoms with Crippen LogP contribution in [0.5, 0.6) is 0 Å². The molecule has 0 aromatic heterocycles. The Balaban J connectivity index is 2.04. The molecule has 2 rings (SSSR count). The van der Waals surface area contributed by atoms with Crippen molar-refractivity contribution in [3.05, 3.63) is 63.6 Å². The van der Waals surface area contributed by atoms with Gasteiger partial charge in [-0.05, 0) is 36.2 Å². The molecule has 0 aliphatic carbocycles. The number of amides is 1. The highest BCUT2D eigenvalue weighted by Crippen LogP contribution is 2.26. The van der Waals surface area contributed by atoms with Crippen molar-refractivity contribution in [1.29, 1.82) is 0 Å². The number of benzene rings is 2. The van der Waals surface area contributed by atoms with E-state index in [2.05, 4.69) is 5.32 Å². The Morgan fingerprint density at radius 3 is 2.62 bits per heavy atom. The van der Waals surface area contributed by atoms with Crippen molar-refractivity contribution in [1.82, 2.24) is 5.32 Å². The summed E-state index contributed by atoms with van der Waals surface area (Å²) in [5.74, 6) is -0.105. The predicted octanol–water partition coefficient (Wildman–Crippen LogP) is 4.00. The summed E-state index contributed by atoms with van der Waals surface area (Å²) >= 11 is 12.0. The molecule has 0 radical (unpaired) electrons. The lowest BCUT2D eigenvalue weighted by Crippen LogP contribution is -2.28. The lowest BCUT2D eigenvalue weighted by atomic mass is 10.1. The van der Waals surface area contributed by atoms with Crippen LogP contribution < -0.4 is 11.1 Å². The SMILES string of the molecule is CC(NC(=O)Cc1ccccc1N)c1ccc(Cl)cc1Cl. The van der Waals surface area contributed by atoms with Crippen LogP contribution in [0, 0.1) is 0 Å². The van der Waals surface area contributed by atoms with Crippen LogP contribution in [-0.4, -0.2) is 5.91 Å². The maximum absolute atomic E-state index is 12.1. The van der Waals surface area contributed by atoms with Crippen LogP contribution in [0.4, 0.5) is 5.69 Å². The number of hydrogen-bond donors (Lipinski definition) is 2. The molecule has 0 fully saturated rings. The molecule has 0 heterocycles. The number of rotatable bonds is 4. The number of nitrogens with two attached hydrogens (primary N) is 1. The minimum atomic E-state index is -0.202. The molecule has 1 atom stereocenters. The molecule has 110 valence electrons. The van der Waals surface area contributed by atoms with Crippen LogP contribution >= 0.6 is 23.2 Å². The van der Waals surface area contributed by atoms with Gasteiger partial charge in [-0.15, -0.1) is 0 Å². The summed E-state index contributed by atoms with van der Waals surface area (Å²) in [5, 5.41) is 4.02.